The molecule has 0 spiro atoms. The van der Waals surface area contributed by atoms with Gasteiger partial charge in [0.2, 0.25) is 0 Å². The summed E-state index contributed by atoms with van der Waals surface area (Å²) in [5, 5.41) is 6.44. The largest absolute Gasteiger partial charge is 0.434 e. The lowest BCUT2D eigenvalue weighted by Crippen LogP contribution is -2.38. The lowest BCUT2D eigenvalue weighted by atomic mass is 10.1. The first-order valence-corrected chi connectivity index (χ1v) is 7.17. The van der Waals surface area contributed by atoms with Crippen LogP contribution >= 0.6 is 0 Å². The van der Waals surface area contributed by atoms with Gasteiger partial charge in [0, 0.05) is 18.2 Å². The molecule has 0 amide bonds. The molecule has 2 rings (SSSR count). The zero-order chi connectivity index (χ0) is 15.2. The summed E-state index contributed by atoms with van der Waals surface area (Å²) in [6.07, 6.45) is 2.29. The third-order valence-electron chi connectivity index (χ3n) is 3.10. The van der Waals surface area contributed by atoms with Crippen molar-refractivity contribution in [3.63, 3.8) is 0 Å². The molecule has 1 aromatic rings. The van der Waals surface area contributed by atoms with E-state index in [0.29, 0.717) is 24.1 Å². The van der Waals surface area contributed by atoms with Crippen LogP contribution in [-0.2, 0) is 6.54 Å². The number of nitrogens with zero attached hydrogens (tertiary/aromatic N) is 1. The molecule has 1 aliphatic rings. The van der Waals surface area contributed by atoms with Crippen molar-refractivity contribution in [2.24, 2.45) is 4.99 Å². The number of rotatable bonds is 6. The Hall–Kier alpha value is -1.85. The van der Waals surface area contributed by atoms with Gasteiger partial charge in [-0.2, -0.15) is 8.78 Å². The summed E-state index contributed by atoms with van der Waals surface area (Å²) >= 11 is 0. The van der Waals surface area contributed by atoms with E-state index in [0.717, 1.165) is 24.9 Å². The van der Waals surface area contributed by atoms with Crippen molar-refractivity contribution in [3.8, 4) is 5.75 Å². The molecule has 4 nitrogen and oxygen atoms in total. The average Bonchev–Trinajstić information content (AvgIpc) is 3.22. The minimum absolute atomic E-state index is 0.182. The molecule has 1 aliphatic carbocycles. The number of aliphatic imine (C=N–C) groups is 1. The smallest absolute Gasteiger partial charge is 0.387 e. The number of ether oxygens (including phenoxy) is 1. The molecule has 116 valence electrons. The average molecular weight is 297 g/mol. The van der Waals surface area contributed by atoms with Crippen LogP contribution in [0.25, 0.3) is 0 Å². The van der Waals surface area contributed by atoms with Crippen molar-refractivity contribution in [1.29, 1.82) is 0 Å². The summed E-state index contributed by atoms with van der Waals surface area (Å²) in [6, 6.07) is 5.62. The molecule has 2 N–H and O–H groups in total. The van der Waals surface area contributed by atoms with Crippen molar-refractivity contribution in [3.05, 3.63) is 29.3 Å². The first-order valence-electron chi connectivity index (χ1n) is 7.17. The van der Waals surface area contributed by atoms with Crippen LogP contribution in [0.1, 0.15) is 30.9 Å². The summed E-state index contributed by atoms with van der Waals surface area (Å²) in [4.78, 5) is 4.44. The molecule has 0 aromatic heterocycles. The zero-order valence-corrected chi connectivity index (χ0v) is 12.3. The van der Waals surface area contributed by atoms with Gasteiger partial charge >= 0.3 is 6.61 Å². The Kier molecular flexibility index (Phi) is 5.36. The van der Waals surface area contributed by atoms with E-state index >= 15 is 0 Å². The number of hydrogen-bond donors (Lipinski definition) is 2. The molecule has 0 unspecified atom stereocenters. The molecule has 1 aromatic carbocycles. The number of halogens is 2. The molecule has 0 radical (unpaired) electrons. The standard InChI is InChI=1S/C15H21F2N3O/c1-3-18-15(20-12-5-6-12)19-9-11-8-10(2)4-7-13(11)21-14(16)17/h4,7-8,12,14H,3,5-6,9H2,1-2H3,(H2,18,19,20). The van der Waals surface area contributed by atoms with Gasteiger partial charge in [0.15, 0.2) is 5.96 Å². The van der Waals surface area contributed by atoms with Gasteiger partial charge in [0.25, 0.3) is 0 Å². The van der Waals surface area contributed by atoms with E-state index in [2.05, 4.69) is 20.4 Å². The van der Waals surface area contributed by atoms with Crippen molar-refractivity contribution in [1.82, 2.24) is 10.6 Å². The van der Waals surface area contributed by atoms with E-state index in [1.165, 1.54) is 0 Å². The second kappa shape index (κ2) is 7.24. The Morgan fingerprint density at radius 1 is 1.43 bits per heavy atom. The molecule has 21 heavy (non-hydrogen) atoms. The Morgan fingerprint density at radius 3 is 2.81 bits per heavy atom. The number of guanidine groups is 1. The van der Waals surface area contributed by atoms with Gasteiger partial charge in [0.1, 0.15) is 5.75 Å². The van der Waals surface area contributed by atoms with Crippen molar-refractivity contribution in [2.75, 3.05) is 6.54 Å². The van der Waals surface area contributed by atoms with Crippen LogP contribution in [0.2, 0.25) is 0 Å². The molecule has 0 atom stereocenters. The van der Waals surface area contributed by atoms with Crippen molar-refractivity contribution < 1.29 is 13.5 Å². The first-order chi connectivity index (χ1) is 10.1. The molecule has 1 fully saturated rings. The molecule has 0 aliphatic heterocycles. The van der Waals surface area contributed by atoms with Gasteiger partial charge in [-0.3, -0.25) is 0 Å². The summed E-state index contributed by atoms with van der Waals surface area (Å²) in [5.41, 5.74) is 1.64. The van der Waals surface area contributed by atoms with Gasteiger partial charge in [-0.1, -0.05) is 17.7 Å². The predicted molar refractivity (Wildman–Crippen MR) is 78.8 cm³/mol. The van der Waals surface area contributed by atoms with E-state index in [-0.39, 0.29) is 5.75 Å². The fourth-order valence-electron chi connectivity index (χ4n) is 1.95. The van der Waals surface area contributed by atoms with Gasteiger partial charge in [-0.15, -0.1) is 0 Å². The Balaban J connectivity index is 2.09. The van der Waals surface area contributed by atoms with Crippen molar-refractivity contribution >= 4 is 5.96 Å². The minimum atomic E-state index is -2.83. The van der Waals surface area contributed by atoms with E-state index in [1.807, 2.05) is 19.9 Å². The second-order valence-electron chi connectivity index (χ2n) is 5.10. The number of nitrogens with one attached hydrogen (secondary N) is 2. The highest BCUT2D eigenvalue weighted by molar-refractivity contribution is 5.80. The normalized spacial score (nSPS) is 15.2. The predicted octanol–water partition coefficient (Wildman–Crippen LogP) is 2.81. The fraction of sp³-hybridized carbons (Fsp3) is 0.533. The van der Waals surface area contributed by atoms with Crippen LogP contribution in [0.15, 0.2) is 23.2 Å². The maximum Gasteiger partial charge on any atom is 0.387 e. The second-order valence-corrected chi connectivity index (χ2v) is 5.10. The van der Waals surface area contributed by atoms with Gasteiger partial charge in [-0.25, -0.2) is 4.99 Å². The van der Waals surface area contributed by atoms with E-state index in [4.69, 9.17) is 0 Å². The molecule has 6 heteroatoms. The third kappa shape index (κ3) is 5.21. The minimum Gasteiger partial charge on any atom is -0.434 e. The summed E-state index contributed by atoms with van der Waals surface area (Å²) in [7, 11) is 0. The highest BCUT2D eigenvalue weighted by Gasteiger charge is 2.22. The van der Waals surface area contributed by atoms with Gasteiger partial charge in [0.05, 0.1) is 6.54 Å². The topological polar surface area (TPSA) is 45.7 Å². The Bertz CT molecular complexity index is 502. The molecular weight excluding hydrogens is 276 g/mol. The SMILES string of the molecule is CCNC(=NCc1cc(C)ccc1OC(F)F)NC1CC1. The zero-order valence-electron chi connectivity index (χ0n) is 12.3. The number of hydrogen-bond acceptors (Lipinski definition) is 2. The molecule has 0 saturated heterocycles. The summed E-state index contributed by atoms with van der Waals surface area (Å²) in [6.45, 7) is 2.13. The van der Waals surface area contributed by atoms with Gasteiger partial charge < -0.3 is 15.4 Å². The van der Waals surface area contributed by atoms with Crippen LogP contribution in [0.5, 0.6) is 5.75 Å². The monoisotopic (exact) mass is 297 g/mol. The first kappa shape index (κ1) is 15.5. The van der Waals surface area contributed by atoms with E-state index in [9.17, 15) is 8.78 Å². The maximum absolute atomic E-state index is 12.4. The fourth-order valence-corrected chi connectivity index (χ4v) is 1.95. The third-order valence-corrected chi connectivity index (χ3v) is 3.10. The number of benzene rings is 1. The molecular formula is C15H21F2N3O. The summed E-state index contributed by atoms with van der Waals surface area (Å²) in [5.74, 6) is 0.895. The Morgan fingerprint density at radius 2 is 2.19 bits per heavy atom. The Labute approximate surface area is 123 Å². The van der Waals surface area contributed by atoms with Gasteiger partial charge in [-0.05, 0) is 32.8 Å². The lowest BCUT2D eigenvalue weighted by molar-refractivity contribution is -0.0504. The van der Waals surface area contributed by atoms with Crippen molar-refractivity contribution in [2.45, 2.75) is 45.9 Å². The van der Waals surface area contributed by atoms with Crippen LogP contribution < -0.4 is 15.4 Å². The molecule has 1 saturated carbocycles. The number of aryl methyl sites for hydroxylation is 1. The van der Waals surface area contributed by atoms with Crippen LogP contribution in [0.4, 0.5) is 8.78 Å². The molecule has 0 heterocycles. The summed E-state index contributed by atoms with van der Waals surface area (Å²) < 4.78 is 29.4. The number of alkyl halides is 2. The highest BCUT2D eigenvalue weighted by Crippen LogP contribution is 2.23. The lowest BCUT2D eigenvalue weighted by Gasteiger charge is -2.12. The van der Waals surface area contributed by atoms with Crippen LogP contribution in [0, 0.1) is 6.92 Å². The van der Waals surface area contributed by atoms with Crippen LogP contribution in [0.3, 0.4) is 0 Å². The quantitative estimate of drug-likeness (QED) is 0.627. The van der Waals surface area contributed by atoms with Crippen LogP contribution in [-0.4, -0.2) is 25.2 Å². The van der Waals surface area contributed by atoms with E-state index < -0.39 is 6.61 Å². The maximum atomic E-state index is 12.4. The van der Waals surface area contributed by atoms with E-state index in [1.54, 1.807) is 12.1 Å². The highest BCUT2D eigenvalue weighted by atomic mass is 19.3. The molecule has 0 bridgehead atoms.